The Morgan fingerprint density at radius 1 is 1.10 bits per heavy atom. The molecule has 3 aromatic rings. The first-order valence-corrected chi connectivity index (χ1v) is 10.3. The first kappa shape index (κ1) is 21.3. The van der Waals surface area contributed by atoms with Gasteiger partial charge in [0.05, 0.1) is 0 Å². The van der Waals surface area contributed by atoms with E-state index in [4.69, 9.17) is 0 Å². The summed E-state index contributed by atoms with van der Waals surface area (Å²) in [6.45, 7) is 4.28. The number of rotatable bonds is 9. The molecular formula is C22H29N7O. The van der Waals surface area contributed by atoms with Gasteiger partial charge < -0.3 is 16.0 Å². The van der Waals surface area contributed by atoms with Crippen molar-refractivity contribution >= 4 is 17.5 Å². The van der Waals surface area contributed by atoms with Crippen LogP contribution in [-0.2, 0) is 12.8 Å². The van der Waals surface area contributed by atoms with E-state index in [0.717, 1.165) is 55.3 Å². The van der Waals surface area contributed by atoms with Crippen LogP contribution in [0.15, 0.2) is 53.7 Å². The Labute approximate surface area is 176 Å². The number of aryl methyl sites for hydroxylation is 1. The smallest absolute Gasteiger partial charge is 0.251 e. The maximum absolute atomic E-state index is 11.8. The molecule has 30 heavy (non-hydrogen) atoms. The Morgan fingerprint density at radius 3 is 2.83 bits per heavy atom. The van der Waals surface area contributed by atoms with Crippen LogP contribution < -0.4 is 16.0 Å². The number of pyridine rings is 1. The molecule has 1 aromatic carbocycles. The van der Waals surface area contributed by atoms with Gasteiger partial charge in [0.1, 0.15) is 5.82 Å². The maximum atomic E-state index is 11.8. The summed E-state index contributed by atoms with van der Waals surface area (Å²) in [5.41, 5.74) is 2.65. The van der Waals surface area contributed by atoms with Gasteiger partial charge in [0.25, 0.3) is 5.91 Å². The van der Waals surface area contributed by atoms with Gasteiger partial charge in [-0.05, 0) is 49.6 Å². The second-order valence-corrected chi connectivity index (χ2v) is 6.87. The van der Waals surface area contributed by atoms with Crippen LogP contribution in [0.5, 0.6) is 0 Å². The first-order chi connectivity index (χ1) is 14.7. The highest BCUT2D eigenvalue weighted by molar-refractivity contribution is 5.94. The van der Waals surface area contributed by atoms with Crippen LogP contribution >= 0.6 is 0 Å². The Morgan fingerprint density at radius 2 is 2.00 bits per heavy atom. The summed E-state index contributed by atoms with van der Waals surface area (Å²) >= 11 is 0. The molecule has 0 aliphatic carbocycles. The molecule has 2 aromatic heterocycles. The molecule has 0 saturated heterocycles. The van der Waals surface area contributed by atoms with Crippen molar-refractivity contribution in [2.75, 3.05) is 26.7 Å². The number of carbonyl (C=O) groups excluding carboxylic acids is 1. The molecule has 3 N–H and O–H groups in total. The maximum Gasteiger partial charge on any atom is 0.251 e. The first-order valence-electron chi connectivity index (χ1n) is 10.3. The van der Waals surface area contributed by atoms with Gasteiger partial charge in [-0.1, -0.05) is 18.2 Å². The van der Waals surface area contributed by atoms with Gasteiger partial charge in [0.2, 0.25) is 0 Å². The van der Waals surface area contributed by atoms with E-state index in [1.165, 1.54) is 0 Å². The summed E-state index contributed by atoms with van der Waals surface area (Å²) in [5, 5.41) is 17.7. The minimum Gasteiger partial charge on any atom is -0.357 e. The third kappa shape index (κ3) is 5.79. The van der Waals surface area contributed by atoms with Gasteiger partial charge in [-0.25, -0.2) is 0 Å². The zero-order valence-corrected chi connectivity index (χ0v) is 17.6. The summed E-state index contributed by atoms with van der Waals surface area (Å²) in [5.74, 6) is 1.68. The molecule has 0 unspecified atom stereocenters. The monoisotopic (exact) mass is 407 g/mol. The number of fused-ring (bicyclic) bond motifs is 1. The van der Waals surface area contributed by atoms with Gasteiger partial charge >= 0.3 is 0 Å². The molecule has 0 bridgehead atoms. The third-order valence-electron chi connectivity index (χ3n) is 4.68. The topological polar surface area (TPSA) is 95.7 Å². The van der Waals surface area contributed by atoms with E-state index in [9.17, 15) is 4.79 Å². The van der Waals surface area contributed by atoms with E-state index in [0.29, 0.717) is 12.1 Å². The zero-order chi connectivity index (χ0) is 21.2. The number of carbonyl (C=O) groups is 1. The lowest BCUT2D eigenvalue weighted by Crippen LogP contribution is -2.38. The molecule has 2 heterocycles. The Kier molecular flexibility index (Phi) is 7.77. The summed E-state index contributed by atoms with van der Waals surface area (Å²) in [6.07, 6.45) is 4.50. The second-order valence-electron chi connectivity index (χ2n) is 6.87. The Bertz CT molecular complexity index is 996. The molecule has 3 rings (SSSR count). The normalized spacial score (nSPS) is 11.5. The largest absolute Gasteiger partial charge is 0.357 e. The number of hydrogen-bond donors (Lipinski definition) is 3. The van der Waals surface area contributed by atoms with E-state index < -0.39 is 0 Å². The van der Waals surface area contributed by atoms with Crippen LogP contribution in [0, 0.1) is 0 Å². The average molecular weight is 408 g/mol. The second kappa shape index (κ2) is 10.9. The number of amides is 1. The van der Waals surface area contributed by atoms with E-state index >= 15 is 0 Å². The molecule has 0 radical (unpaired) electrons. The highest BCUT2D eigenvalue weighted by Crippen LogP contribution is 2.06. The van der Waals surface area contributed by atoms with Crippen LogP contribution in [0.3, 0.4) is 0 Å². The number of nitrogens with zero attached hydrogens (tertiary/aromatic N) is 4. The minimum absolute atomic E-state index is 0.0693. The molecule has 0 fully saturated rings. The molecule has 0 saturated carbocycles. The third-order valence-corrected chi connectivity index (χ3v) is 4.68. The SMILES string of the molecule is CCNC(=NCCCc1nnc2ccccn12)NCCc1cccc(C(=O)NC)c1. The van der Waals surface area contributed by atoms with Crippen molar-refractivity contribution in [2.24, 2.45) is 4.99 Å². The van der Waals surface area contributed by atoms with Gasteiger partial charge in [-0.2, -0.15) is 0 Å². The van der Waals surface area contributed by atoms with Gasteiger partial charge in [-0.15, -0.1) is 10.2 Å². The molecule has 8 nitrogen and oxygen atoms in total. The predicted octanol–water partition coefficient (Wildman–Crippen LogP) is 1.82. The minimum atomic E-state index is -0.0693. The number of guanidine groups is 1. The molecule has 0 spiro atoms. The number of nitrogens with one attached hydrogen (secondary N) is 3. The van der Waals surface area contributed by atoms with E-state index in [-0.39, 0.29) is 5.91 Å². The molecule has 8 heteroatoms. The molecule has 1 amide bonds. The standard InChI is InChI=1S/C22H29N7O/c1-3-24-22(26-14-12-17-8-6-9-18(16-17)21(30)23-2)25-13-7-11-20-28-27-19-10-4-5-15-29(19)20/h4-6,8-10,15-16H,3,7,11-14H2,1-2H3,(H,23,30)(H2,24,25,26). The fourth-order valence-electron chi connectivity index (χ4n) is 3.17. The average Bonchev–Trinajstić information content (AvgIpc) is 3.19. The van der Waals surface area contributed by atoms with Crippen LogP contribution in [0.1, 0.15) is 35.1 Å². The number of hydrogen-bond acceptors (Lipinski definition) is 4. The lowest BCUT2D eigenvalue weighted by molar-refractivity contribution is 0.0963. The number of aromatic nitrogens is 3. The van der Waals surface area contributed by atoms with Crippen molar-refractivity contribution in [1.82, 2.24) is 30.5 Å². The Hall–Kier alpha value is -3.42. The highest BCUT2D eigenvalue weighted by atomic mass is 16.1. The lowest BCUT2D eigenvalue weighted by Gasteiger charge is -2.11. The summed E-state index contributed by atoms with van der Waals surface area (Å²) in [4.78, 5) is 16.4. The summed E-state index contributed by atoms with van der Waals surface area (Å²) in [6, 6.07) is 13.6. The molecular weight excluding hydrogens is 378 g/mol. The fraction of sp³-hybridized carbons (Fsp3) is 0.364. The molecule has 0 aliphatic rings. The fourth-order valence-corrected chi connectivity index (χ4v) is 3.17. The van der Waals surface area contributed by atoms with E-state index in [1.54, 1.807) is 7.05 Å². The van der Waals surface area contributed by atoms with Crippen molar-refractivity contribution in [2.45, 2.75) is 26.2 Å². The summed E-state index contributed by atoms with van der Waals surface area (Å²) in [7, 11) is 1.64. The van der Waals surface area contributed by atoms with Crippen LogP contribution in [0.2, 0.25) is 0 Å². The van der Waals surface area contributed by atoms with Crippen molar-refractivity contribution in [3.05, 3.63) is 65.6 Å². The lowest BCUT2D eigenvalue weighted by atomic mass is 10.1. The highest BCUT2D eigenvalue weighted by Gasteiger charge is 2.05. The molecule has 158 valence electrons. The van der Waals surface area contributed by atoms with Crippen molar-refractivity contribution in [3.63, 3.8) is 0 Å². The number of aliphatic imine (C=N–C) groups is 1. The van der Waals surface area contributed by atoms with Crippen LogP contribution in [-0.4, -0.2) is 53.1 Å². The van der Waals surface area contributed by atoms with E-state index in [2.05, 4.69) is 31.1 Å². The summed E-state index contributed by atoms with van der Waals surface area (Å²) < 4.78 is 2.01. The van der Waals surface area contributed by atoms with Crippen molar-refractivity contribution < 1.29 is 4.79 Å². The predicted molar refractivity (Wildman–Crippen MR) is 119 cm³/mol. The van der Waals surface area contributed by atoms with Gasteiger partial charge in [0.15, 0.2) is 11.6 Å². The quantitative estimate of drug-likeness (QED) is 0.286. The van der Waals surface area contributed by atoms with Gasteiger partial charge in [0, 0.05) is 44.9 Å². The van der Waals surface area contributed by atoms with Gasteiger partial charge in [-0.3, -0.25) is 14.2 Å². The molecule has 0 aliphatic heterocycles. The Balaban J connectivity index is 1.48. The zero-order valence-electron chi connectivity index (χ0n) is 17.6. The number of benzene rings is 1. The van der Waals surface area contributed by atoms with Crippen LogP contribution in [0.25, 0.3) is 5.65 Å². The molecule has 0 atom stereocenters. The van der Waals surface area contributed by atoms with Crippen molar-refractivity contribution in [1.29, 1.82) is 0 Å². The van der Waals surface area contributed by atoms with Crippen LogP contribution in [0.4, 0.5) is 0 Å². The van der Waals surface area contributed by atoms with Crippen molar-refractivity contribution in [3.8, 4) is 0 Å². The van der Waals surface area contributed by atoms with E-state index in [1.807, 2.05) is 60.0 Å².